The monoisotopic (exact) mass is 374 g/mol. The molecule has 0 unspecified atom stereocenters. The Labute approximate surface area is 158 Å². The van der Waals surface area contributed by atoms with Crippen LogP contribution in [-0.4, -0.2) is 41.2 Å². The smallest absolute Gasteiger partial charge is 0.257 e. The predicted octanol–water partition coefficient (Wildman–Crippen LogP) is 3.83. The fourth-order valence-corrected chi connectivity index (χ4v) is 3.57. The van der Waals surface area contributed by atoms with E-state index in [4.69, 9.17) is 16.0 Å². The van der Waals surface area contributed by atoms with Gasteiger partial charge in [-0.2, -0.15) is 0 Å². The molecule has 0 N–H and O–H groups in total. The summed E-state index contributed by atoms with van der Waals surface area (Å²) >= 11 is 6.04. The normalized spacial score (nSPS) is 15.1. The minimum Gasteiger partial charge on any atom is -0.472 e. The second kappa shape index (κ2) is 8.41. The van der Waals surface area contributed by atoms with Gasteiger partial charge in [0, 0.05) is 37.1 Å². The van der Waals surface area contributed by atoms with Crippen molar-refractivity contribution in [3.63, 3.8) is 0 Å². The summed E-state index contributed by atoms with van der Waals surface area (Å²) < 4.78 is 4.98. The van der Waals surface area contributed by atoms with E-state index < -0.39 is 0 Å². The van der Waals surface area contributed by atoms with Gasteiger partial charge in [0.05, 0.1) is 11.8 Å². The van der Waals surface area contributed by atoms with Gasteiger partial charge in [-0.1, -0.05) is 23.7 Å². The maximum absolute atomic E-state index is 12.9. The number of carbonyl (C=O) groups excluding carboxylic acids is 2. The number of benzene rings is 1. The molecule has 1 aromatic heterocycles. The number of piperidine rings is 1. The number of hydrogen-bond acceptors (Lipinski definition) is 3. The first-order valence-corrected chi connectivity index (χ1v) is 9.31. The highest BCUT2D eigenvalue weighted by molar-refractivity contribution is 6.30. The van der Waals surface area contributed by atoms with Gasteiger partial charge in [0.2, 0.25) is 5.91 Å². The highest BCUT2D eigenvalue weighted by Gasteiger charge is 2.30. The largest absolute Gasteiger partial charge is 0.472 e. The number of likely N-dealkylation sites (tertiary alicyclic amines) is 1. The number of rotatable bonds is 5. The highest BCUT2D eigenvalue weighted by Crippen LogP contribution is 2.23. The van der Waals surface area contributed by atoms with E-state index in [2.05, 4.69) is 0 Å². The molecule has 0 radical (unpaired) electrons. The molecule has 1 aliphatic rings. The molecule has 0 atom stereocenters. The highest BCUT2D eigenvalue weighted by atomic mass is 35.5. The molecule has 1 fully saturated rings. The summed E-state index contributed by atoms with van der Waals surface area (Å²) in [5.74, 6) is 0.0846. The van der Waals surface area contributed by atoms with Gasteiger partial charge in [0.1, 0.15) is 6.26 Å². The fourth-order valence-electron chi connectivity index (χ4n) is 3.36. The minimum atomic E-state index is -0.0393. The number of nitrogens with zero attached hydrogens (tertiary/aromatic N) is 2. The molecule has 26 heavy (non-hydrogen) atoms. The van der Waals surface area contributed by atoms with Crippen molar-refractivity contribution in [2.75, 3.05) is 19.6 Å². The summed E-state index contributed by atoms with van der Waals surface area (Å²) in [6, 6.07) is 9.27. The topological polar surface area (TPSA) is 53.8 Å². The van der Waals surface area contributed by atoms with Gasteiger partial charge in [0.25, 0.3) is 5.91 Å². The van der Waals surface area contributed by atoms with E-state index in [0.29, 0.717) is 49.6 Å². The predicted molar refractivity (Wildman–Crippen MR) is 99.9 cm³/mol. The van der Waals surface area contributed by atoms with Crippen LogP contribution in [0.1, 0.15) is 35.7 Å². The van der Waals surface area contributed by atoms with E-state index in [9.17, 15) is 9.59 Å². The van der Waals surface area contributed by atoms with Crippen molar-refractivity contribution in [2.24, 2.45) is 5.92 Å². The van der Waals surface area contributed by atoms with Crippen LogP contribution in [-0.2, 0) is 11.3 Å². The third kappa shape index (κ3) is 4.28. The third-order valence-electron chi connectivity index (χ3n) is 4.86. The maximum Gasteiger partial charge on any atom is 0.257 e. The Morgan fingerprint density at radius 2 is 2.04 bits per heavy atom. The van der Waals surface area contributed by atoms with Gasteiger partial charge >= 0.3 is 0 Å². The molecule has 5 nitrogen and oxygen atoms in total. The molecular weight excluding hydrogens is 352 g/mol. The summed E-state index contributed by atoms with van der Waals surface area (Å²) in [6.07, 6.45) is 4.34. The average Bonchev–Trinajstić information content (AvgIpc) is 3.20. The minimum absolute atomic E-state index is 0.0316. The summed E-state index contributed by atoms with van der Waals surface area (Å²) in [5, 5.41) is 0.678. The second-order valence-electron chi connectivity index (χ2n) is 6.56. The van der Waals surface area contributed by atoms with Gasteiger partial charge in [-0.3, -0.25) is 9.59 Å². The molecule has 1 aliphatic heterocycles. The van der Waals surface area contributed by atoms with Crippen LogP contribution in [0.15, 0.2) is 47.3 Å². The van der Waals surface area contributed by atoms with Crippen LogP contribution in [0.25, 0.3) is 0 Å². The van der Waals surface area contributed by atoms with E-state index in [1.807, 2.05) is 36.1 Å². The number of amides is 2. The Balaban J connectivity index is 1.57. The SMILES string of the molecule is CCN(Cc1cccc(Cl)c1)C(=O)C1CCN(C(=O)c2ccoc2)CC1. The van der Waals surface area contributed by atoms with Crippen LogP contribution in [0.5, 0.6) is 0 Å². The lowest BCUT2D eigenvalue weighted by molar-refractivity contribution is -0.137. The summed E-state index contributed by atoms with van der Waals surface area (Å²) in [5.41, 5.74) is 1.59. The van der Waals surface area contributed by atoms with Crippen LogP contribution in [0.2, 0.25) is 5.02 Å². The molecule has 3 rings (SSSR count). The summed E-state index contributed by atoms with van der Waals surface area (Å²) in [4.78, 5) is 28.9. The third-order valence-corrected chi connectivity index (χ3v) is 5.09. The lowest BCUT2D eigenvalue weighted by Crippen LogP contribution is -2.44. The molecule has 138 valence electrons. The lowest BCUT2D eigenvalue weighted by atomic mass is 9.94. The van der Waals surface area contributed by atoms with E-state index in [0.717, 1.165) is 5.56 Å². The van der Waals surface area contributed by atoms with Crippen molar-refractivity contribution >= 4 is 23.4 Å². The van der Waals surface area contributed by atoms with Crippen LogP contribution >= 0.6 is 11.6 Å². The number of carbonyl (C=O) groups is 2. The Morgan fingerprint density at radius 1 is 1.27 bits per heavy atom. The van der Waals surface area contributed by atoms with Crippen molar-refractivity contribution in [1.82, 2.24) is 9.80 Å². The Bertz CT molecular complexity index is 752. The molecular formula is C20H23ClN2O3. The Morgan fingerprint density at radius 3 is 2.65 bits per heavy atom. The van der Waals surface area contributed by atoms with Gasteiger partial charge in [-0.15, -0.1) is 0 Å². The molecule has 2 aromatic rings. The quantitative estimate of drug-likeness (QED) is 0.799. The van der Waals surface area contributed by atoms with Crippen molar-refractivity contribution in [1.29, 1.82) is 0 Å². The molecule has 1 saturated heterocycles. The van der Waals surface area contributed by atoms with Gasteiger partial charge in [0.15, 0.2) is 0 Å². The van der Waals surface area contributed by atoms with Crippen LogP contribution in [0, 0.1) is 5.92 Å². The van der Waals surface area contributed by atoms with Crippen LogP contribution in [0.4, 0.5) is 0 Å². The molecule has 0 saturated carbocycles. The van der Waals surface area contributed by atoms with E-state index in [1.54, 1.807) is 11.0 Å². The summed E-state index contributed by atoms with van der Waals surface area (Å²) in [6.45, 7) is 4.38. The van der Waals surface area contributed by atoms with E-state index in [1.165, 1.54) is 12.5 Å². The second-order valence-corrected chi connectivity index (χ2v) is 7.00. The molecule has 2 heterocycles. The van der Waals surface area contributed by atoms with Gasteiger partial charge in [-0.25, -0.2) is 0 Å². The molecule has 2 amide bonds. The number of halogens is 1. The van der Waals surface area contributed by atoms with Crippen molar-refractivity contribution < 1.29 is 14.0 Å². The first kappa shape index (κ1) is 18.5. The van der Waals surface area contributed by atoms with Gasteiger partial charge in [-0.05, 0) is 43.5 Å². The lowest BCUT2D eigenvalue weighted by Gasteiger charge is -2.34. The first-order chi connectivity index (χ1) is 12.6. The fraction of sp³-hybridized carbons (Fsp3) is 0.400. The van der Waals surface area contributed by atoms with Gasteiger partial charge < -0.3 is 14.2 Å². The Hall–Kier alpha value is -2.27. The van der Waals surface area contributed by atoms with Crippen molar-refractivity contribution in [2.45, 2.75) is 26.3 Å². The molecule has 0 bridgehead atoms. The Kier molecular flexibility index (Phi) is 5.99. The zero-order valence-electron chi connectivity index (χ0n) is 14.9. The van der Waals surface area contributed by atoms with E-state index >= 15 is 0 Å². The average molecular weight is 375 g/mol. The summed E-state index contributed by atoms with van der Waals surface area (Å²) in [7, 11) is 0. The maximum atomic E-state index is 12.9. The standard InChI is InChI=1S/C20H23ClN2O3/c1-2-22(13-15-4-3-5-18(21)12-15)19(24)16-6-9-23(10-7-16)20(25)17-8-11-26-14-17/h3-5,8,11-12,14,16H,2,6-7,9-10,13H2,1H3. The molecule has 0 spiro atoms. The van der Waals surface area contributed by atoms with Crippen molar-refractivity contribution in [3.8, 4) is 0 Å². The molecule has 6 heteroatoms. The molecule has 1 aromatic carbocycles. The zero-order valence-corrected chi connectivity index (χ0v) is 15.6. The van der Waals surface area contributed by atoms with Crippen LogP contribution in [0.3, 0.4) is 0 Å². The number of hydrogen-bond donors (Lipinski definition) is 0. The first-order valence-electron chi connectivity index (χ1n) is 8.93. The molecule has 0 aliphatic carbocycles. The number of furan rings is 1. The van der Waals surface area contributed by atoms with Crippen molar-refractivity contribution in [3.05, 3.63) is 59.0 Å². The zero-order chi connectivity index (χ0) is 18.5. The van der Waals surface area contributed by atoms with Crippen LogP contribution < -0.4 is 0 Å². The van der Waals surface area contributed by atoms with E-state index in [-0.39, 0.29) is 17.7 Å².